The monoisotopic (exact) mass is 337 g/mol. The van der Waals surface area contributed by atoms with Gasteiger partial charge in [0.1, 0.15) is 19.4 Å². The van der Waals surface area contributed by atoms with Crippen LogP contribution in [0.5, 0.6) is 0 Å². The van der Waals surface area contributed by atoms with E-state index in [1.54, 1.807) is 0 Å². The van der Waals surface area contributed by atoms with E-state index in [1.807, 2.05) is 49.4 Å². The summed E-state index contributed by atoms with van der Waals surface area (Å²) >= 11 is 0. The van der Waals surface area contributed by atoms with Gasteiger partial charge in [-0.25, -0.2) is 9.97 Å². The number of hydrogen-bond acceptors (Lipinski definition) is 8. The maximum Gasteiger partial charge on any atom is 0.353 e. The van der Waals surface area contributed by atoms with Crippen molar-refractivity contribution in [2.75, 3.05) is 23.3 Å². The van der Waals surface area contributed by atoms with Crippen LogP contribution in [-0.2, 0) is 0 Å². The quantitative estimate of drug-likeness (QED) is 0.463. The van der Waals surface area contributed by atoms with E-state index in [9.17, 15) is 10.1 Å². The summed E-state index contributed by atoms with van der Waals surface area (Å²) in [6.45, 7) is 1.46. The Morgan fingerprint density at radius 1 is 1.24 bits per heavy atom. The van der Waals surface area contributed by atoms with E-state index < -0.39 is 4.92 Å². The number of rotatable bonds is 7. The smallest absolute Gasteiger partial charge is 0.353 e. The van der Waals surface area contributed by atoms with Crippen LogP contribution < -0.4 is 10.2 Å². The first kappa shape index (κ1) is 17.6. The first-order valence-electron chi connectivity index (χ1n) is 7.38. The summed E-state index contributed by atoms with van der Waals surface area (Å²) in [4.78, 5) is 20.1. The molecule has 1 unspecified atom stereocenters. The molecule has 0 aliphatic heterocycles. The highest BCUT2D eigenvalue weighted by Gasteiger charge is 2.27. The summed E-state index contributed by atoms with van der Waals surface area (Å²) < 4.78 is 0. The summed E-state index contributed by atoms with van der Waals surface area (Å²) in [6, 6.07) is 12.9. The molecular weight excluding hydrogens is 322 g/mol. The molecule has 1 atom stereocenters. The van der Waals surface area contributed by atoms with Crippen LogP contribution >= 0.6 is 0 Å². The van der Waals surface area contributed by atoms with Crippen LogP contribution in [0.3, 0.4) is 0 Å². The molecule has 1 heterocycles. The van der Waals surface area contributed by atoms with Crippen LogP contribution in [0.25, 0.3) is 0 Å². The highest BCUT2D eigenvalue weighted by atomic mass is 16.6. The van der Waals surface area contributed by atoms with Crippen molar-refractivity contribution in [3.05, 3.63) is 52.3 Å². The molecule has 2 rings (SSSR count). The van der Waals surface area contributed by atoms with Gasteiger partial charge in [0.05, 0.1) is 23.1 Å². The molecule has 9 nitrogen and oxygen atoms in total. The Kier molecular flexibility index (Phi) is 5.80. The molecule has 0 aliphatic rings. The van der Waals surface area contributed by atoms with Crippen LogP contribution in [-0.4, -0.2) is 28.0 Å². The summed E-state index contributed by atoms with van der Waals surface area (Å²) in [6.07, 6.45) is 1.17. The van der Waals surface area contributed by atoms with Crippen LogP contribution in [0.1, 0.15) is 18.5 Å². The Labute approximate surface area is 144 Å². The van der Waals surface area contributed by atoms with Gasteiger partial charge in [0, 0.05) is 0 Å². The number of nitriles is 2. The van der Waals surface area contributed by atoms with Crippen LogP contribution in [0.2, 0.25) is 0 Å². The largest absolute Gasteiger partial charge is 0.358 e. The molecule has 0 amide bonds. The lowest BCUT2D eigenvalue weighted by atomic mass is 10.1. The fraction of sp³-hybridized carbons (Fsp3) is 0.250. The van der Waals surface area contributed by atoms with Gasteiger partial charge in [0.2, 0.25) is 11.6 Å². The van der Waals surface area contributed by atoms with E-state index in [1.165, 1.54) is 11.2 Å². The van der Waals surface area contributed by atoms with Gasteiger partial charge in [-0.3, -0.25) is 10.1 Å². The summed E-state index contributed by atoms with van der Waals surface area (Å²) in [5, 5.41) is 32.3. The molecule has 0 aliphatic carbocycles. The van der Waals surface area contributed by atoms with E-state index in [-0.39, 0.29) is 36.5 Å². The van der Waals surface area contributed by atoms with E-state index in [2.05, 4.69) is 15.3 Å². The van der Waals surface area contributed by atoms with Crippen molar-refractivity contribution in [2.45, 2.75) is 13.0 Å². The Hall–Kier alpha value is -3.72. The average Bonchev–Trinajstić information content (AvgIpc) is 2.62. The third-order valence-electron chi connectivity index (χ3n) is 3.46. The van der Waals surface area contributed by atoms with Gasteiger partial charge in [0.25, 0.3) is 0 Å². The van der Waals surface area contributed by atoms with Gasteiger partial charge in [-0.05, 0) is 12.5 Å². The third kappa shape index (κ3) is 4.18. The number of aromatic nitrogens is 2. The Morgan fingerprint density at radius 2 is 1.88 bits per heavy atom. The van der Waals surface area contributed by atoms with Crippen molar-refractivity contribution in [3.63, 3.8) is 0 Å². The predicted octanol–water partition coefficient (Wildman–Crippen LogP) is 2.41. The van der Waals surface area contributed by atoms with E-state index >= 15 is 0 Å². The minimum absolute atomic E-state index is 0.0345. The molecule has 126 valence electrons. The number of benzene rings is 1. The molecule has 1 aromatic carbocycles. The predicted molar refractivity (Wildman–Crippen MR) is 90.6 cm³/mol. The van der Waals surface area contributed by atoms with Crippen molar-refractivity contribution in [1.29, 1.82) is 10.5 Å². The lowest BCUT2D eigenvalue weighted by Gasteiger charge is -2.19. The van der Waals surface area contributed by atoms with Gasteiger partial charge in [-0.1, -0.05) is 30.3 Å². The summed E-state index contributed by atoms with van der Waals surface area (Å²) in [5.74, 6) is -0.0295. The average molecular weight is 337 g/mol. The van der Waals surface area contributed by atoms with Crippen molar-refractivity contribution in [2.24, 2.45) is 0 Å². The minimum atomic E-state index is -0.614. The second kappa shape index (κ2) is 8.22. The first-order chi connectivity index (χ1) is 12.1. The maximum atomic E-state index is 11.6. The highest BCUT2D eigenvalue weighted by molar-refractivity contribution is 5.71. The number of nitrogens with zero attached hydrogens (tertiary/aromatic N) is 6. The van der Waals surface area contributed by atoms with Gasteiger partial charge < -0.3 is 10.2 Å². The molecule has 0 radical (unpaired) electrons. The topological polar surface area (TPSA) is 132 Å². The Morgan fingerprint density at radius 3 is 2.44 bits per heavy atom. The van der Waals surface area contributed by atoms with Crippen molar-refractivity contribution < 1.29 is 4.92 Å². The number of nitrogens with one attached hydrogen (secondary N) is 1. The molecule has 0 fully saturated rings. The molecule has 0 saturated heterocycles. The molecule has 0 saturated carbocycles. The van der Waals surface area contributed by atoms with Crippen LogP contribution in [0.15, 0.2) is 36.7 Å². The summed E-state index contributed by atoms with van der Waals surface area (Å²) in [7, 11) is 0. The molecule has 9 heteroatoms. The fourth-order valence-corrected chi connectivity index (χ4v) is 2.28. The zero-order valence-corrected chi connectivity index (χ0v) is 13.5. The molecule has 25 heavy (non-hydrogen) atoms. The van der Waals surface area contributed by atoms with Crippen LogP contribution in [0.4, 0.5) is 17.3 Å². The molecule has 0 bridgehead atoms. The Bertz CT molecular complexity index is 811. The Balaban J connectivity index is 2.42. The van der Waals surface area contributed by atoms with Gasteiger partial charge in [-0.15, -0.1) is 0 Å². The van der Waals surface area contributed by atoms with Gasteiger partial charge in [0.15, 0.2) is 0 Å². The minimum Gasteiger partial charge on any atom is -0.358 e. The molecular formula is C16H15N7O2. The van der Waals surface area contributed by atoms with E-state index in [4.69, 9.17) is 10.5 Å². The lowest BCUT2D eigenvalue weighted by molar-refractivity contribution is -0.383. The fourth-order valence-electron chi connectivity index (χ4n) is 2.28. The molecule has 2 aromatic rings. The number of hydrogen-bond donors (Lipinski definition) is 1. The highest BCUT2D eigenvalue weighted by Crippen LogP contribution is 2.33. The number of anilines is 2. The molecule has 1 aromatic heterocycles. The van der Waals surface area contributed by atoms with Gasteiger partial charge >= 0.3 is 5.69 Å². The number of nitro groups is 1. The second-order valence-electron chi connectivity index (χ2n) is 5.10. The van der Waals surface area contributed by atoms with E-state index in [0.717, 1.165) is 5.56 Å². The summed E-state index contributed by atoms with van der Waals surface area (Å²) in [5.41, 5.74) is 0.568. The van der Waals surface area contributed by atoms with Crippen molar-refractivity contribution in [3.8, 4) is 12.1 Å². The lowest BCUT2D eigenvalue weighted by Crippen LogP contribution is -2.26. The SMILES string of the molecule is CC(Nc1ncnc(N(CC#N)CC#N)c1[N+](=O)[O-])c1ccccc1. The van der Waals surface area contributed by atoms with Crippen molar-refractivity contribution >= 4 is 17.3 Å². The maximum absolute atomic E-state index is 11.6. The van der Waals surface area contributed by atoms with Crippen LogP contribution in [0, 0.1) is 32.8 Å². The van der Waals surface area contributed by atoms with Crippen molar-refractivity contribution in [1.82, 2.24) is 9.97 Å². The second-order valence-corrected chi connectivity index (χ2v) is 5.10. The zero-order valence-electron chi connectivity index (χ0n) is 13.5. The van der Waals surface area contributed by atoms with Gasteiger partial charge in [-0.2, -0.15) is 10.5 Å². The van der Waals surface area contributed by atoms with E-state index in [0.29, 0.717) is 0 Å². The molecule has 1 N–H and O–H groups in total. The molecule has 0 spiro atoms. The normalized spacial score (nSPS) is 11.0. The zero-order chi connectivity index (χ0) is 18.2. The standard InChI is InChI=1S/C16H15N7O2/c1-12(13-5-3-2-4-6-13)21-15-14(23(24)25)16(20-11-19-15)22(9-7-17)10-8-18/h2-6,11-12H,9-10H2,1H3,(H,19,20,21). The third-order valence-corrected chi connectivity index (χ3v) is 3.46. The first-order valence-corrected chi connectivity index (χ1v) is 7.38.